The summed E-state index contributed by atoms with van der Waals surface area (Å²) in [4.78, 5) is 0. The minimum absolute atomic E-state index is 0.0559. The lowest BCUT2D eigenvalue weighted by Gasteiger charge is -2.12. The summed E-state index contributed by atoms with van der Waals surface area (Å²) < 4.78 is 50.2. The smallest absolute Gasteiger partial charge is 0.207 e. The fourth-order valence-electron chi connectivity index (χ4n) is 0.992. The van der Waals surface area contributed by atoms with E-state index in [0.29, 0.717) is 6.07 Å². The van der Waals surface area contributed by atoms with E-state index in [1.807, 2.05) is 0 Å². The number of hydrogen-bond acceptors (Lipinski definition) is 0. The van der Waals surface area contributed by atoms with Crippen molar-refractivity contribution in [1.82, 2.24) is 0 Å². The van der Waals surface area contributed by atoms with E-state index in [0.717, 1.165) is 6.07 Å². The molecule has 14 heavy (non-hydrogen) atoms. The van der Waals surface area contributed by atoms with Crippen molar-refractivity contribution in [1.29, 1.82) is 0 Å². The van der Waals surface area contributed by atoms with Crippen LogP contribution in [0, 0.1) is 9.39 Å². The summed E-state index contributed by atoms with van der Waals surface area (Å²) in [6.45, 7) is 0. The van der Waals surface area contributed by atoms with Crippen LogP contribution in [0.4, 0.5) is 17.6 Å². The fraction of sp³-hybridized carbons (Fsp3) is 0.250. The molecule has 78 valence electrons. The molecule has 0 unspecified atom stereocenters. The molecular weight excluding hydrogens is 379 g/mol. The van der Waals surface area contributed by atoms with Crippen LogP contribution >= 0.6 is 38.5 Å². The Morgan fingerprint density at radius 1 is 1.29 bits per heavy atom. The molecule has 0 aliphatic rings. The molecule has 0 bridgehead atoms. The lowest BCUT2D eigenvalue weighted by atomic mass is 10.1. The summed E-state index contributed by atoms with van der Waals surface area (Å²) in [7, 11) is 0. The molecule has 0 aromatic heterocycles. The number of rotatable bonds is 1. The molecule has 0 heterocycles. The molecule has 0 nitrogen and oxygen atoms in total. The van der Waals surface area contributed by atoms with Crippen LogP contribution < -0.4 is 0 Å². The van der Waals surface area contributed by atoms with Crippen molar-refractivity contribution < 1.29 is 17.6 Å². The van der Waals surface area contributed by atoms with E-state index in [9.17, 15) is 17.6 Å². The molecular formula is C8H4BrF4I. The van der Waals surface area contributed by atoms with Crippen molar-refractivity contribution in [2.45, 2.75) is 11.5 Å². The molecule has 0 spiro atoms. The van der Waals surface area contributed by atoms with E-state index in [1.54, 1.807) is 22.6 Å². The van der Waals surface area contributed by atoms with E-state index in [2.05, 4.69) is 15.9 Å². The minimum atomic E-state index is -4.51. The van der Waals surface area contributed by atoms with Gasteiger partial charge in [0, 0.05) is 8.90 Å². The summed E-state index contributed by atoms with van der Waals surface area (Å²) in [5, 5.41) is 0.0559. The first kappa shape index (κ1) is 12.2. The standard InChI is InChI=1S/C8H4BrF4I/c9-3-5-6(8(11,12)13)1-4(10)2-7(5)14/h1-2H,3H2. The predicted octanol–water partition coefficient (Wildman–Crippen LogP) is 4.34. The van der Waals surface area contributed by atoms with E-state index < -0.39 is 17.6 Å². The Hall–Kier alpha value is 0.150. The second-order valence-electron chi connectivity index (χ2n) is 2.55. The molecule has 0 saturated carbocycles. The van der Waals surface area contributed by atoms with Gasteiger partial charge in [-0.2, -0.15) is 13.2 Å². The van der Waals surface area contributed by atoms with E-state index in [-0.39, 0.29) is 14.5 Å². The zero-order valence-corrected chi connectivity index (χ0v) is 10.4. The van der Waals surface area contributed by atoms with Gasteiger partial charge < -0.3 is 0 Å². The van der Waals surface area contributed by atoms with Crippen LogP contribution in [0.1, 0.15) is 11.1 Å². The van der Waals surface area contributed by atoms with Crippen LogP contribution in [-0.4, -0.2) is 0 Å². The summed E-state index contributed by atoms with van der Waals surface area (Å²) in [6.07, 6.45) is -4.51. The zero-order valence-electron chi connectivity index (χ0n) is 6.63. The Bertz CT molecular complexity index is 348. The average Bonchev–Trinajstić information content (AvgIpc) is 2.01. The molecule has 0 radical (unpaired) electrons. The minimum Gasteiger partial charge on any atom is -0.207 e. The summed E-state index contributed by atoms with van der Waals surface area (Å²) in [5.41, 5.74) is -0.849. The maximum atomic E-state index is 12.8. The summed E-state index contributed by atoms with van der Waals surface area (Å²) >= 11 is 4.63. The quantitative estimate of drug-likeness (QED) is 0.385. The van der Waals surface area contributed by atoms with Crippen LogP contribution in [0.25, 0.3) is 0 Å². The first-order valence-electron chi connectivity index (χ1n) is 3.47. The van der Waals surface area contributed by atoms with Gasteiger partial charge in [-0.3, -0.25) is 0 Å². The van der Waals surface area contributed by atoms with Gasteiger partial charge in [0.15, 0.2) is 0 Å². The topological polar surface area (TPSA) is 0 Å². The molecule has 1 aromatic rings. The predicted molar refractivity (Wildman–Crippen MR) is 56.8 cm³/mol. The normalized spacial score (nSPS) is 11.9. The molecule has 0 aliphatic carbocycles. The van der Waals surface area contributed by atoms with Crippen LogP contribution in [0.2, 0.25) is 0 Å². The van der Waals surface area contributed by atoms with Crippen LogP contribution in [0.5, 0.6) is 0 Å². The van der Waals surface area contributed by atoms with Crippen LogP contribution in [-0.2, 0) is 11.5 Å². The fourth-order valence-corrected chi connectivity index (χ4v) is 2.90. The first-order chi connectivity index (χ1) is 6.36. The third-order valence-electron chi connectivity index (χ3n) is 1.60. The van der Waals surface area contributed by atoms with Gasteiger partial charge in [0.2, 0.25) is 0 Å². The maximum Gasteiger partial charge on any atom is 0.416 e. The highest BCUT2D eigenvalue weighted by Gasteiger charge is 2.34. The Morgan fingerprint density at radius 2 is 1.86 bits per heavy atom. The highest BCUT2D eigenvalue weighted by atomic mass is 127. The van der Waals surface area contributed by atoms with Crippen molar-refractivity contribution in [3.63, 3.8) is 0 Å². The van der Waals surface area contributed by atoms with Gasteiger partial charge >= 0.3 is 6.18 Å². The molecule has 0 aliphatic heterocycles. The Morgan fingerprint density at radius 3 is 2.29 bits per heavy atom. The lowest BCUT2D eigenvalue weighted by molar-refractivity contribution is -0.138. The third-order valence-corrected chi connectivity index (χ3v) is 3.12. The van der Waals surface area contributed by atoms with E-state index in [1.165, 1.54) is 0 Å². The van der Waals surface area contributed by atoms with E-state index >= 15 is 0 Å². The number of hydrogen-bond donors (Lipinski definition) is 0. The highest BCUT2D eigenvalue weighted by molar-refractivity contribution is 14.1. The van der Waals surface area contributed by atoms with Crippen LogP contribution in [0.15, 0.2) is 12.1 Å². The maximum absolute atomic E-state index is 12.8. The molecule has 0 saturated heterocycles. The third kappa shape index (κ3) is 2.59. The summed E-state index contributed by atoms with van der Waals surface area (Å²) in [6, 6.07) is 1.59. The summed E-state index contributed by atoms with van der Waals surface area (Å²) in [5.74, 6) is -0.869. The molecule has 1 rings (SSSR count). The van der Waals surface area contributed by atoms with Crippen molar-refractivity contribution in [3.8, 4) is 0 Å². The van der Waals surface area contributed by atoms with E-state index in [4.69, 9.17) is 0 Å². The SMILES string of the molecule is Fc1cc(I)c(CBr)c(C(F)(F)F)c1. The largest absolute Gasteiger partial charge is 0.416 e. The van der Waals surface area contributed by atoms with Gasteiger partial charge in [0.05, 0.1) is 5.56 Å². The van der Waals surface area contributed by atoms with Gasteiger partial charge in [-0.1, -0.05) is 15.9 Å². The van der Waals surface area contributed by atoms with Gasteiger partial charge in [0.25, 0.3) is 0 Å². The number of benzene rings is 1. The first-order valence-corrected chi connectivity index (χ1v) is 5.67. The monoisotopic (exact) mass is 382 g/mol. The van der Waals surface area contributed by atoms with Crippen molar-refractivity contribution in [3.05, 3.63) is 32.6 Å². The van der Waals surface area contributed by atoms with Crippen LogP contribution in [0.3, 0.4) is 0 Å². The second kappa shape index (κ2) is 4.34. The average molecular weight is 383 g/mol. The molecule has 1 aromatic carbocycles. The molecule has 0 amide bonds. The Balaban J connectivity index is 3.40. The molecule has 0 atom stereocenters. The Kier molecular flexibility index (Phi) is 3.79. The molecule has 6 heteroatoms. The second-order valence-corrected chi connectivity index (χ2v) is 4.27. The molecule has 0 fully saturated rings. The lowest BCUT2D eigenvalue weighted by Crippen LogP contribution is -2.10. The highest BCUT2D eigenvalue weighted by Crippen LogP contribution is 2.35. The van der Waals surface area contributed by atoms with Gasteiger partial charge in [-0.05, 0) is 40.3 Å². The van der Waals surface area contributed by atoms with Crippen molar-refractivity contribution in [2.24, 2.45) is 0 Å². The number of halogens is 6. The van der Waals surface area contributed by atoms with Gasteiger partial charge in [-0.25, -0.2) is 4.39 Å². The van der Waals surface area contributed by atoms with Crippen molar-refractivity contribution >= 4 is 38.5 Å². The number of alkyl halides is 4. The zero-order chi connectivity index (χ0) is 10.9. The van der Waals surface area contributed by atoms with Gasteiger partial charge in [-0.15, -0.1) is 0 Å². The Labute approximate surface area is 100.0 Å². The van der Waals surface area contributed by atoms with Gasteiger partial charge in [0.1, 0.15) is 5.82 Å². The van der Waals surface area contributed by atoms with Crippen molar-refractivity contribution in [2.75, 3.05) is 0 Å². The molecule has 0 N–H and O–H groups in total.